The van der Waals surface area contributed by atoms with Crippen molar-refractivity contribution in [3.05, 3.63) is 47.7 Å². The maximum Gasteiger partial charge on any atom is 0.249 e. The van der Waals surface area contributed by atoms with Crippen LogP contribution >= 0.6 is 0 Å². The molecule has 0 aliphatic carbocycles. The average Bonchev–Trinajstić information content (AvgIpc) is 3.24. The van der Waals surface area contributed by atoms with Crippen molar-refractivity contribution in [2.75, 3.05) is 7.11 Å². The van der Waals surface area contributed by atoms with E-state index in [2.05, 4.69) is 20.6 Å². The van der Waals surface area contributed by atoms with Crippen molar-refractivity contribution in [2.24, 2.45) is 0 Å². The third kappa shape index (κ3) is 3.85. The molecule has 130 valence electrons. The van der Waals surface area contributed by atoms with E-state index < -0.39 is 6.04 Å². The van der Waals surface area contributed by atoms with Crippen LogP contribution in [0.15, 0.2) is 39.4 Å². The standard InChI is InChI=1S/C17H18N4O4/c1-10-8-12(20-24-10)9-15(22)18-11(2)17-19-16(21-25-17)13-6-4-5-7-14(13)23-3/h4-8,11H,9H2,1-3H3,(H,18,22)/t11-/m1/s1. The predicted molar refractivity (Wildman–Crippen MR) is 87.8 cm³/mol. The van der Waals surface area contributed by atoms with Crippen molar-refractivity contribution in [1.82, 2.24) is 20.6 Å². The summed E-state index contributed by atoms with van der Waals surface area (Å²) in [5.41, 5.74) is 1.29. The third-order valence-electron chi connectivity index (χ3n) is 3.56. The molecule has 3 rings (SSSR count). The minimum Gasteiger partial charge on any atom is -0.496 e. The van der Waals surface area contributed by atoms with Crippen molar-refractivity contribution in [3.8, 4) is 17.1 Å². The predicted octanol–water partition coefficient (Wildman–Crippen LogP) is 2.46. The molecule has 0 unspecified atom stereocenters. The highest BCUT2D eigenvalue weighted by atomic mass is 16.5. The van der Waals surface area contributed by atoms with Gasteiger partial charge in [0.25, 0.3) is 0 Å². The van der Waals surface area contributed by atoms with E-state index in [4.69, 9.17) is 13.8 Å². The lowest BCUT2D eigenvalue weighted by Gasteiger charge is -2.08. The molecule has 0 aliphatic rings. The Morgan fingerprint density at radius 3 is 2.80 bits per heavy atom. The summed E-state index contributed by atoms with van der Waals surface area (Å²) in [5.74, 6) is 1.81. The van der Waals surface area contributed by atoms with Crippen LogP contribution in [-0.4, -0.2) is 28.3 Å². The molecule has 1 atom stereocenters. The molecule has 0 saturated heterocycles. The number of nitrogens with one attached hydrogen (secondary N) is 1. The molecule has 0 bridgehead atoms. The third-order valence-corrected chi connectivity index (χ3v) is 3.56. The van der Waals surface area contributed by atoms with Crippen molar-refractivity contribution in [3.63, 3.8) is 0 Å². The Kier molecular flexibility index (Phi) is 4.78. The maximum atomic E-state index is 12.1. The van der Waals surface area contributed by atoms with Crippen molar-refractivity contribution in [1.29, 1.82) is 0 Å². The number of amides is 1. The number of hydrogen-bond donors (Lipinski definition) is 1. The maximum absolute atomic E-state index is 12.1. The fourth-order valence-electron chi connectivity index (χ4n) is 2.37. The molecule has 0 saturated carbocycles. The molecule has 1 amide bonds. The van der Waals surface area contributed by atoms with Crippen LogP contribution in [0.5, 0.6) is 5.75 Å². The lowest BCUT2D eigenvalue weighted by Crippen LogP contribution is -2.28. The van der Waals surface area contributed by atoms with Crippen molar-refractivity contribution in [2.45, 2.75) is 26.3 Å². The first-order chi connectivity index (χ1) is 12.1. The molecule has 1 N–H and O–H groups in total. The fraction of sp³-hybridized carbons (Fsp3) is 0.294. The Morgan fingerprint density at radius 1 is 1.28 bits per heavy atom. The van der Waals surface area contributed by atoms with E-state index in [1.807, 2.05) is 24.3 Å². The zero-order valence-corrected chi connectivity index (χ0v) is 14.1. The summed E-state index contributed by atoms with van der Waals surface area (Å²) in [7, 11) is 1.58. The first kappa shape index (κ1) is 16.7. The summed E-state index contributed by atoms with van der Waals surface area (Å²) in [5, 5.41) is 10.6. The number of aryl methyl sites for hydroxylation is 1. The minimum atomic E-state index is -0.434. The van der Waals surface area contributed by atoms with Gasteiger partial charge in [0, 0.05) is 6.07 Å². The summed E-state index contributed by atoms with van der Waals surface area (Å²) in [6, 6.07) is 8.66. The van der Waals surface area contributed by atoms with Crippen LogP contribution in [0, 0.1) is 6.92 Å². The fourth-order valence-corrected chi connectivity index (χ4v) is 2.37. The Labute approximate surface area is 144 Å². The van der Waals surface area contributed by atoms with Gasteiger partial charge in [0.1, 0.15) is 17.6 Å². The molecule has 2 aromatic heterocycles. The molecule has 25 heavy (non-hydrogen) atoms. The number of carbonyl (C=O) groups is 1. The van der Waals surface area contributed by atoms with Crippen LogP contribution in [0.4, 0.5) is 0 Å². The Bertz CT molecular complexity index is 871. The lowest BCUT2D eigenvalue weighted by atomic mass is 10.2. The molecule has 8 nitrogen and oxygen atoms in total. The number of aromatic nitrogens is 3. The quantitative estimate of drug-likeness (QED) is 0.734. The Hall–Kier alpha value is -3.16. The monoisotopic (exact) mass is 342 g/mol. The van der Waals surface area contributed by atoms with Gasteiger partial charge in [-0.15, -0.1) is 0 Å². The molecule has 3 aromatic rings. The van der Waals surface area contributed by atoms with Crippen LogP contribution in [0.2, 0.25) is 0 Å². The first-order valence-corrected chi connectivity index (χ1v) is 7.75. The zero-order chi connectivity index (χ0) is 17.8. The van der Waals surface area contributed by atoms with E-state index in [1.54, 1.807) is 27.0 Å². The van der Waals surface area contributed by atoms with Gasteiger partial charge in [-0.1, -0.05) is 22.4 Å². The van der Waals surface area contributed by atoms with Crippen molar-refractivity contribution < 1.29 is 18.6 Å². The van der Waals surface area contributed by atoms with Gasteiger partial charge in [-0.05, 0) is 26.0 Å². The summed E-state index contributed by atoms with van der Waals surface area (Å²) < 4.78 is 15.5. The van der Waals surface area contributed by atoms with Gasteiger partial charge in [-0.25, -0.2) is 0 Å². The van der Waals surface area contributed by atoms with Gasteiger partial charge in [0.2, 0.25) is 17.6 Å². The van der Waals surface area contributed by atoms with Crippen LogP contribution in [0.1, 0.15) is 30.3 Å². The van der Waals surface area contributed by atoms with Gasteiger partial charge < -0.3 is 19.1 Å². The van der Waals surface area contributed by atoms with E-state index in [0.717, 1.165) is 5.56 Å². The van der Waals surface area contributed by atoms with Gasteiger partial charge in [0.15, 0.2) is 0 Å². The summed E-state index contributed by atoms with van der Waals surface area (Å²) in [6.07, 6.45) is 0.120. The topological polar surface area (TPSA) is 103 Å². The molecular weight excluding hydrogens is 324 g/mol. The Morgan fingerprint density at radius 2 is 2.08 bits per heavy atom. The van der Waals surface area contributed by atoms with E-state index in [-0.39, 0.29) is 12.3 Å². The van der Waals surface area contributed by atoms with Gasteiger partial charge in [-0.2, -0.15) is 4.98 Å². The first-order valence-electron chi connectivity index (χ1n) is 7.75. The highest BCUT2D eigenvalue weighted by Crippen LogP contribution is 2.27. The smallest absolute Gasteiger partial charge is 0.249 e. The zero-order valence-electron chi connectivity index (χ0n) is 14.1. The highest BCUT2D eigenvalue weighted by Gasteiger charge is 2.19. The summed E-state index contributed by atoms with van der Waals surface area (Å²) >= 11 is 0. The normalized spacial score (nSPS) is 12.0. The molecule has 1 aromatic carbocycles. The van der Waals surface area contributed by atoms with Crippen LogP contribution in [-0.2, 0) is 11.2 Å². The average molecular weight is 342 g/mol. The summed E-state index contributed by atoms with van der Waals surface area (Å²) in [4.78, 5) is 16.4. The second kappa shape index (κ2) is 7.16. The van der Waals surface area contributed by atoms with E-state index in [9.17, 15) is 4.79 Å². The second-order valence-corrected chi connectivity index (χ2v) is 5.55. The van der Waals surface area contributed by atoms with Gasteiger partial charge in [0.05, 0.1) is 24.8 Å². The molecular formula is C17H18N4O4. The number of methoxy groups -OCH3 is 1. The highest BCUT2D eigenvalue weighted by molar-refractivity contribution is 5.78. The number of benzene rings is 1. The largest absolute Gasteiger partial charge is 0.496 e. The van der Waals surface area contributed by atoms with Crippen LogP contribution in [0.25, 0.3) is 11.4 Å². The number of para-hydroxylation sites is 1. The second-order valence-electron chi connectivity index (χ2n) is 5.55. The Balaban J connectivity index is 1.68. The van der Waals surface area contributed by atoms with E-state index in [1.165, 1.54) is 0 Å². The molecule has 2 heterocycles. The van der Waals surface area contributed by atoms with Gasteiger partial charge >= 0.3 is 0 Å². The molecule has 0 aliphatic heterocycles. The number of ether oxygens (including phenoxy) is 1. The number of hydrogen-bond acceptors (Lipinski definition) is 7. The number of carbonyl (C=O) groups excluding carboxylic acids is 1. The van der Waals surface area contributed by atoms with E-state index in [0.29, 0.717) is 28.9 Å². The number of nitrogens with zero attached hydrogens (tertiary/aromatic N) is 3. The van der Waals surface area contributed by atoms with Crippen LogP contribution < -0.4 is 10.1 Å². The minimum absolute atomic E-state index is 0.120. The number of rotatable bonds is 6. The van der Waals surface area contributed by atoms with Gasteiger partial charge in [-0.3, -0.25) is 4.79 Å². The van der Waals surface area contributed by atoms with Crippen LogP contribution in [0.3, 0.4) is 0 Å². The molecule has 8 heteroatoms. The SMILES string of the molecule is COc1ccccc1-c1noc([C@@H](C)NC(=O)Cc2cc(C)on2)n1. The van der Waals surface area contributed by atoms with Crippen molar-refractivity contribution >= 4 is 5.91 Å². The summed E-state index contributed by atoms with van der Waals surface area (Å²) in [6.45, 7) is 3.54. The molecule has 0 fully saturated rings. The van der Waals surface area contributed by atoms with E-state index >= 15 is 0 Å². The molecule has 0 radical (unpaired) electrons. The lowest BCUT2D eigenvalue weighted by molar-refractivity contribution is -0.121. The molecule has 0 spiro atoms.